The highest BCUT2D eigenvalue weighted by atomic mass is 32.2. The van der Waals surface area contributed by atoms with Crippen LogP contribution in [-0.4, -0.2) is 40.0 Å². The Balaban J connectivity index is 2.61. The number of pyridine rings is 1. The number of carboxylic acids is 1. The van der Waals surface area contributed by atoms with Gasteiger partial charge >= 0.3 is 5.97 Å². The van der Waals surface area contributed by atoms with Crippen molar-refractivity contribution in [1.82, 2.24) is 15.6 Å². The van der Waals surface area contributed by atoms with E-state index in [0.717, 1.165) is 5.56 Å². The average molecular weight is 334 g/mol. The molecule has 0 aliphatic rings. The van der Waals surface area contributed by atoms with E-state index in [9.17, 15) is 9.59 Å². The molecule has 7 nitrogen and oxygen atoms in total. The molecule has 1 aromatic rings. The van der Waals surface area contributed by atoms with E-state index in [2.05, 4.69) is 15.6 Å². The summed E-state index contributed by atoms with van der Waals surface area (Å²) >= 11 is 1.49. The van der Waals surface area contributed by atoms with Crippen molar-refractivity contribution in [2.75, 3.05) is 12.0 Å². The highest BCUT2D eigenvalue weighted by Gasteiger charge is 2.21. The van der Waals surface area contributed by atoms with Gasteiger partial charge in [0, 0.05) is 25.1 Å². The van der Waals surface area contributed by atoms with Crippen LogP contribution in [0.1, 0.15) is 12.0 Å². The largest absolute Gasteiger partial charge is 0.480 e. The first-order valence-corrected chi connectivity index (χ1v) is 8.23. The predicted molar refractivity (Wildman–Crippen MR) is 87.3 cm³/mol. The Labute approximate surface area is 138 Å². The van der Waals surface area contributed by atoms with E-state index < -0.39 is 17.9 Å². The van der Waals surface area contributed by atoms with Crippen molar-refractivity contribution >= 4 is 23.6 Å². The Morgan fingerprint density at radius 2 is 2.17 bits per heavy atom. The summed E-state index contributed by atoms with van der Waals surface area (Å²) in [6.07, 6.45) is 6.71. The highest BCUT2D eigenvalue weighted by Crippen LogP contribution is 2.03. The molecule has 1 rings (SSSR count). The number of carbonyl (C=O) groups is 2. The molecule has 0 fully saturated rings. The van der Waals surface area contributed by atoms with Crippen LogP contribution in [0.5, 0.6) is 0 Å². The van der Waals surface area contributed by atoms with E-state index in [1.165, 1.54) is 18.0 Å². The first-order valence-electron chi connectivity index (χ1n) is 6.83. The minimum Gasteiger partial charge on any atom is -0.480 e. The summed E-state index contributed by atoms with van der Waals surface area (Å²) in [5.41, 5.74) is 0.770. The first kappa shape index (κ1) is 18.5. The number of amides is 1. The number of hydrogen-bond donors (Lipinski definition) is 3. The zero-order valence-corrected chi connectivity index (χ0v) is 13.5. The summed E-state index contributed by atoms with van der Waals surface area (Å²) < 4.78 is 0. The predicted octanol–water partition coefficient (Wildman–Crippen LogP) is 0.901. The second-order valence-electron chi connectivity index (χ2n) is 4.55. The third-order valence-electron chi connectivity index (χ3n) is 2.88. The lowest BCUT2D eigenvalue weighted by molar-refractivity contribution is -0.141. The van der Waals surface area contributed by atoms with Crippen molar-refractivity contribution in [2.45, 2.75) is 19.0 Å². The van der Waals surface area contributed by atoms with E-state index in [-0.39, 0.29) is 5.57 Å². The summed E-state index contributed by atoms with van der Waals surface area (Å²) in [5, 5.41) is 23.3. The maximum Gasteiger partial charge on any atom is 0.326 e. The summed E-state index contributed by atoms with van der Waals surface area (Å²) in [4.78, 5) is 27.0. The molecule has 0 saturated carbocycles. The van der Waals surface area contributed by atoms with Crippen LogP contribution in [0.2, 0.25) is 0 Å². The molecule has 0 radical (unpaired) electrons. The smallest absolute Gasteiger partial charge is 0.326 e. The monoisotopic (exact) mass is 334 g/mol. The number of hydrogen-bond acceptors (Lipinski definition) is 6. The summed E-state index contributed by atoms with van der Waals surface area (Å²) in [6, 6.07) is 4.36. The van der Waals surface area contributed by atoms with Crippen molar-refractivity contribution in [1.29, 1.82) is 5.26 Å². The number of nitrogens with one attached hydrogen (secondary N) is 2. The number of thioether (sulfide) groups is 1. The Morgan fingerprint density at radius 1 is 1.48 bits per heavy atom. The standard InChI is InChI=1S/C15H18N4O3S/c1-23-7-4-13(15(21)22)19-14(20)12(8-16)10-18-9-11-2-5-17-6-3-11/h2-3,5-6,10,13,18H,4,7,9H2,1H3,(H,19,20)(H,21,22)/b12-10-. The lowest BCUT2D eigenvalue weighted by Gasteiger charge is -2.13. The molecule has 1 atom stereocenters. The van der Waals surface area contributed by atoms with Crippen molar-refractivity contribution in [3.05, 3.63) is 41.9 Å². The molecule has 0 aliphatic heterocycles. The van der Waals surface area contributed by atoms with Crippen LogP contribution in [0, 0.1) is 11.3 Å². The van der Waals surface area contributed by atoms with Gasteiger partial charge in [-0.05, 0) is 36.1 Å². The van der Waals surface area contributed by atoms with Gasteiger partial charge in [-0.1, -0.05) is 0 Å². The van der Waals surface area contributed by atoms with Gasteiger partial charge in [-0.3, -0.25) is 9.78 Å². The van der Waals surface area contributed by atoms with Crippen molar-refractivity contribution in [2.24, 2.45) is 0 Å². The molecule has 1 amide bonds. The molecule has 122 valence electrons. The first-order chi connectivity index (χ1) is 11.1. The Kier molecular flexibility index (Phi) is 8.24. The van der Waals surface area contributed by atoms with E-state index in [4.69, 9.17) is 10.4 Å². The second-order valence-corrected chi connectivity index (χ2v) is 5.54. The van der Waals surface area contributed by atoms with Crippen LogP contribution < -0.4 is 10.6 Å². The van der Waals surface area contributed by atoms with Crippen molar-refractivity contribution in [3.8, 4) is 6.07 Å². The quantitative estimate of drug-likeness (QED) is 0.454. The number of carbonyl (C=O) groups excluding carboxylic acids is 1. The summed E-state index contributed by atoms with van der Waals surface area (Å²) in [5.74, 6) is -1.22. The van der Waals surface area contributed by atoms with Gasteiger partial charge in [-0.15, -0.1) is 0 Å². The van der Waals surface area contributed by atoms with Gasteiger partial charge in [0.15, 0.2) is 0 Å². The van der Waals surface area contributed by atoms with E-state index in [1.54, 1.807) is 30.6 Å². The lowest BCUT2D eigenvalue weighted by atomic mass is 10.2. The maximum atomic E-state index is 12.0. The fourth-order valence-electron chi connectivity index (χ4n) is 1.65. The number of nitrogens with zero attached hydrogens (tertiary/aromatic N) is 2. The van der Waals surface area contributed by atoms with E-state index in [0.29, 0.717) is 18.7 Å². The number of carboxylic acid groups (broad SMARTS) is 1. The van der Waals surface area contributed by atoms with Gasteiger partial charge in [-0.25, -0.2) is 4.79 Å². The van der Waals surface area contributed by atoms with Gasteiger partial charge in [0.2, 0.25) is 0 Å². The number of aromatic nitrogens is 1. The topological polar surface area (TPSA) is 115 Å². The molecule has 1 heterocycles. The summed E-state index contributed by atoms with van der Waals surface area (Å²) in [7, 11) is 0. The molecular formula is C15H18N4O3S. The molecule has 1 aromatic heterocycles. The lowest BCUT2D eigenvalue weighted by Crippen LogP contribution is -2.41. The fraction of sp³-hybridized carbons (Fsp3) is 0.333. The van der Waals surface area contributed by atoms with Crippen LogP contribution >= 0.6 is 11.8 Å². The average Bonchev–Trinajstić information content (AvgIpc) is 2.56. The van der Waals surface area contributed by atoms with E-state index >= 15 is 0 Å². The molecule has 0 aliphatic carbocycles. The Morgan fingerprint density at radius 3 is 2.74 bits per heavy atom. The van der Waals surface area contributed by atoms with Crippen molar-refractivity contribution in [3.63, 3.8) is 0 Å². The number of aliphatic carboxylic acids is 1. The van der Waals surface area contributed by atoms with Crippen LogP contribution in [0.4, 0.5) is 0 Å². The van der Waals surface area contributed by atoms with Crippen molar-refractivity contribution < 1.29 is 14.7 Å². The van der Waals surface area contributed by atoms with Gasteiger partial charge in [0.1, 0.15) is 17.7 Å². The van der Waals surface area contributed by atoms with Crippen LogP contribution in [0.25, 0.3) is 0 Å². The molecular weight excluding hydrogens is 316 g/mol. The molecule has 0 bridgehead atoms. The zero-order valence-electron chi connectivity index (χ0n) is 12.7. The normalized spacial score (nSPS) is 12.1. The summed E-state index contributed by atoms with van der Waals surface area (Å²) in [6.45, 7) is 0.426. The molecule has 0 aromatic carbocycles. The molecule has 1 unspecified atom stereocenters. The minimum atomic E-state index is -1.12. The molecule has 0 spiro atoms. The van der Waals surface area contributed by atoms with Gasteiger partial charge in [0.25, 0.3) is 5.91 Å². The molecule has 0 saturated heterocycles. The Hall–Kier alpha value is -2.53. The molecule has 8 heteroatoms. The SMILES string of the molecule is CSCCC(NC(=O)/C(C#N)=C\NCc1ccncc1)C(=O)O. The molecule has 23 heavy (non-hydrogen) atoms. The Bertz CT molecular complexity index is 598. The fourth-order valence-corrected chi connectivity index (χ4v) is 2.12. The third-order valence-corrected chi connectivity index (χ3v) is 3.53. The second kappa shape index (κ2) is 10.2. The van der Waals surface area contributed by atoms with Gasteiger partial charge in [0.05, 0.1) is 0 Å². The highest BCUT2D eigenvalue weighted by molar-refractivity contribution is 7.98. The zero-order chi connectivity index (χ0) is 17.1. The van der Waals surface area contributed by atoms with E-state index in [1.807, 2.05) is 6.26 Å². The number of nitriles is 1. The number of rotatable bonds is 9. The minimum absolute atomic E-state index is 0.172. The van der Waals surface area contributed by atoms with Crippen LogP contribution in [-0.2, 0) is 16.1 Å². The maximum absolute atomic E-state index is 12.0. The van der Waals surface area contributed by atoms with Crippen LogP contribution in [0.15, 0.2) is 36.3 Å². The third kappa shape index (κ3) is 6.84. The molecule has 3 N–H and O–H groups in total. The van der Waals surface area contributed by atoms with Gasteiger partial charge in [-0.2, -0.15) is 17.0 Å². The van der Waals surface area contributed by atoms with Gasteiger partial charge < -0.3 is 15.7 Å². The van der Waals surface area contributed by atoms with Crippen LogP contribution in [0.3, 0.4) is 0 Å².